The summed E-state index contributed by atoms with van der Waals surface area (Å²) in [4.78, 5) is 0. The van der Waals surface area contributed by atoms with Crippen molar-refractivity contribution in [2.75, 3.05) is 6.61 Å². The average Bonchev–Trinajstić information content (AvgIpc) is 2.38. The van der Waals surface area contributed by atoms with Crippen LogP contribution in [0.15, 0.2) is 53.0 Å². The fraction of sp³-hybridized carbons (Fsp3) is 0.200. The van der Waals surface area contributed by atoms with Gasteiger partial charge in [0.05, 0.1) is 6.04 Å². The summed E-state index contributed by atoms with van der Waals surface area (Å²) in [5.41, 5.74) is 8.32. The lowest BCUT2D eigenvalue weighted by Gasteiger charge is -2.16. The van der Waals surface area contributed by atoms with Gasteiger partial charge >= 0.3 is 0 Å². The normalized spacial score (nSPS) is 12.2. The number of halogens is 1. The van der Waals surface area contributed by atoms with Crippen LogP contribution in [0.4, 0.5) is 0 Å². The zero-order valence-electron chi connectivity index (χ0n) is 10.3. The lowest BCUT2D eigenvalue weighted by atomic mass is 10.1. The highest BCUT2D eigenvalue weighted by molar-refractivity contribution is 9.10. The molecule has 0 saturated heterocycles. The van der Waals surface area contributed by atoms with Gasteiger partial charge in [-0.25, -0.2) is 0 Å². The second kappa shape index (κ2) is 6.03. The number of hydrogen-bond acceptors (Lipinski definition) is 2. The molecule has 0 aliphatic heterocycles. The minimum absolute atomic E-state index is 0.139. The largest absolute Gasteiger partial charge is 0.491 e. The molecule has 2 aromatic rings. The minimum Gasteiger partial charge on any atom is -0.491 e. The summed E-state index contributed by atoms with van der Waals surface area (Å²) in [5.74, 6) is 0.889. The first kappa shape index (κ1) is 13.1. The van der Waals surface area contributed by atoms with Gasteiger partial charge in [0, 0.05) is 4.47 Å². The maximum Gasteiger partial charge on any atom is 0.122 e. The molecule has 0 amide bonds. The van der Waals surface area contributed by atoms with Crippen LogP contribution < -0.4 is 10.5 Å². The van der Waals surface area contributed by atoms with Crippen LogP contribution in [0.5, 0.6) is 5.75 Å². The Kier molecular flexibility index (Phi) is 4.39. The maximum atomic E-state index is 6.14. The Labute approximate surface area is 116 Å². The molecule has 2 N–H and O–H groups in total. The molecule has 0 fully saturated rings. The fourth-order valence-corrected chi connectivity index (χ4v) is 2.34. The molecule has 0 heterocycles. The van der Waals surface area contributed by atoms with Crippen LogP contribution in [0.3, 0.4) is 0 Å². The number of rotatable bonds is 4. The molecule has 0 bridgehead atoms. The van der Waals surface area contributed by atoms with Crippen molar-refractivity contribution in [2.24, 2.45) is 5.73 Å². The van der Waals surface area contributed by atoms with E-state index in [4.69, 9.17) is 10.5 Å². The van der Waals surface area contributed by atoms with Gasteiger partial charge in [-0.3, -0.25) is 0 Å². The smallest absolute Gasteiger partial charge is 0.122 e. The summed E-state index contributed by atoms with van der Waals surface area (Å²) in [7, 11) is 0. The van der Waals surface area contributed by atoms with E-state index in [9.17, 15) is 0 Å². The summed E-state index contributed by atoms with van der Waals surface area (Å²) in [6, 6.07) is 15.8. The molecule has 2 rings (SSSR count). The number of ether oxygens (including phenoxy) is 1. The average molecular weight is 306 g/mol. The highest BCUT2D eigenvalue weighted by Crippen LogP contribution is 2.23. The molecule has 1 atom stereocenters. The zero-order valence-corrected chi connectivity index (χ0v) is 11.9. The van der Waals surface area contributed by atoms with Crippen molar-refractivity contribution in [3.05, 3.63) is 64.1 Å². The first-order valence-corrected chi connectivity index (χ1v) is 6.66. The van der Waals surface area contributed by atoms with Gasteiger partial charge in [-0.1, -0.05) is 52.3 Å². The molecule has 0 spiro atoms. The Morgan fingerprint density at radius 2 is 1.78 bits per heavy atom. The van der Waals surface area contributed by atoms with Crippen LogP contribution in [0, 0.1) is 6.92 Å². The van der Waals surface area contributed by atoms with Crippen molar-refractivity contribution >= 4 is 15.9 Å². The van der Waals surface area contributed by atoms with E-state index < -0.39 is 0 Å². The quantitative estimate of drug-likeness (QED) is 0.931. The van der Waals surface area contributed by atoms with E-state index in [1.807, 2.05) is 55.5 Å². The van der Waals surface area contributed by atoms with Gasteiger partial charge in [-0.2, -0.15) is 0 Å². The summed E-state index contributed by atoms with van der Waals surface area (Å²) < 4.78 is 6.78. The van der Waals surface area contributed by atoms with Gasteiger partial charge in [0.25, 0.3) is 0 Å². The number of hydrogen-bond donors (Lipinski definition) is 1. The van der Waals surface area contributed by atoms with Crippen LogP contribution in [-0.2, 0) is 0 Å². The van der Waals surface area contributed by atoms with E-state index in [1.54, 1.807) is 0 Å². The predicted molar refractivity (Wildman–Crippen MR) is 77.7 cm³/mol. The maximum absolute atomic E-state index is 6.14. The van der Waals surface area contributed by atoms with E-state index in [0.717, 1.165) is 21.3 Å². The zero-order chi connectivity index (χ0) is 13.0. The van der Waals surface area contributed by atoms with Crippen LogP contribution >= 0.6 is 15.9 Å². The molecule has 0 aliphatic rings. The summed E-state index contributed by atoms with van der Waals surface area (Å²) in [5, 5.41) is 0. The fourth-order valence-electron chi connectivity index (χ4n) is 1.76. The Balaban J connectivity index is 2.03. The highest BCUT2D eigenvalue weighted by Gasteiger charge is 2.10. The molecule has 94 valence electrons. The Morgan fingerprint density at radius 1 is 1.11 bits per heavy atom. The molecule has 0 aromatic heterocycles. The van der Waals surface area contributed by atoms with Crippen molar-refractivity contribution in [2.45, 2.75) is 13.0 Å². The van der Waals surface area contributed by atoms with E-state index >= 15 is 0 Å². The lowest BCUT2D eigenvalue weighted by molar-refractivity contribution is 0.288. The Morgan fingerprint density at radius 3 is 2.50 bits per heavy atom. The van der Waals surface area contributed by atoms with Crippen molar-refractivity contribution in [1.29, 1.82) is 0 Å². The number of aryl methyl sites for hydroxylation is 1. The van der Waals surface area contributed by atoms with E-state index in [1.165, 1.54) is 0 Å². The third kappa shape index (κ3) is 3.12. The molecule has 0 radical (unpaired) electrons. The number of benzene rings is 2. The molecular formula is C15H16BrNO. The molecule has 0 saturated carbocycles. The van der Waals surface area contributed by atoms with Gasteiger partial charge < -0.3 is 10.5 Å². The summed E-state index contributed by atoms with van der Waals surface area (Å²) >= 11 is 3.50. The molecular weight excluding hydrogens is 290 g/mol. The second-order valence-electron chi connectivity index (χ2n) is 4.20. The third-order valence-corrected chi connectivity index (χ3v) is 3.54. The highest BCUT2D eigenvalue weighted by atomic mass is 79.9. The SMILES string of the molecule is Cc1ccccc1OCC(N)c1ccccc1Br. The third-order valence-electron chi connectivity index (χ3n) is 2.82. The van der Waals surface area contributed by atoms with Crippen molar-refractivity contribution in [1.82, 2.24) is 0 Å². The molecule has 3 heteroatoms. The predicted octanol–water partition coefficient (Wildman–Crippen LogP) is 3.84. The first-order valence-electron chi connectivity index (χ1n) is 5.87. The van der Waals surface area contributed by atoms with E-state index in [2.05, 4.69) is 15.9 Å². The molecule has 18 heavy (non-hydrogen) atoms. The van der Waals surface area contributed by atoms with Gasteiger partial charge in [-0.15, -0.1) is 0 Å². The molecule has 2 nitrogen and oxygen atoms in total. The van der Waals surface area contributed by atoms with Gasteiger partial charge in [0.1, 0.15) is 12.4 Å². The van der Waals surface area contributed by atoms with Crippen LogP contribution in [0.1, 0.15) is 17.2 Å². The summed E-state index contributed by atoms with van der Waals surface area (Å²) in [6.07, 6.45) is 0. The van der Waals surface area contributed by atoms with E-state index in [0.29, 0.717) is 6.61 Å². The minimum atomic E-state index is -0.139. The second-order valence-corrected chi connectivity index (χ2v) is 5.06. The number of nitrogens with two attached hydrogens (primary N) is 1. The molecule has 2 aromatic carbocycles. The lowest BCUT2D eigenvalue weighted by Crippen LogP contribution is -2.19. The standard InChI is InChI=1S/C15H16BrNO/c1-11-6-2-5-9-15(11)18-10-14(17)12-7-3-4-8-13(12)16/h2-9,14H,10,17H2,1H3. The molecule has 1 unspecified atom stereocenters. The van der Waals surface area contributed by atoms with Gasteiger partial charge in [0.15, 0.2) is 0 Å². The monoisotopic (exact) mass is 305 g/mol. The Bertz CT molecular complexity index is 527. The number of para-hydroxylation sites is 1. The first-order chi connectivity index (χ1) is 8.68. The van der Waals surface area contributed by atoms with Crippen molar-refractivity contribution in [3.8, 4) is 5.75 Å². The molecule has 0 aliphatic carbocycles. The Hall–Kier alpha value is -1.32. The van der Waals surface area contributed by atoms with Crippen LogP contribution in [0.2, 0.25) is 0 Å². The van der Waals surface area contributed by atoms with E-state index in [-0.39, 0.29) is 6.04 Å². The topological polar surface area (TPSA) is 35.2 Å². The van der Waals surface area contributed by atoms with Gasteiger partial charge in [-0.05, 0) is 30.2 Å². The van der Waals surface area contributed by atoms with Crippen LogP contribution in [0.25, 0.3) is 0 Å². The van der Waals surface area contributed by atoms with Crippen molar-refractivity contribution in [3.63, 3.8) is 0 Å². The van der Waals surface area contributed by atoms with Crippen LogP contribution in [-0.4, -0.2) is 6.61 Å². The van der Waals surface area contributed by atoms with Gasteiger partial charge in [0.2, 0.25) is 0 Å². The van der Waals surface area contributed by atoms with Crippen molar-refractivity contribution < 1.29 is 4.74 Å². The summed E-state index contributed by atoms with van der Waals surface area (Å²) in [6.45, 7) is 2.49.